The third-order valence-corrected chi connectivity index (χ3v) is 6.24. The van der Waals surface area contributed by atoms with Gasteiger partial charge in [0.2, 0.25) is 5.91 Å². The van der Waals surface area contributed by atoms with Crippen molar-refractivity contribution in [2.45, 2.75) is 49.6 Å². The van der Waals surface area contributed by atoms with E-state index in [1.54, 1.807) is 0 Å². The summed E-state index contributed by atoms with van der Waals surface area (Å²) in [4.78, 5) is 17.9. The highest BCUT2D eigenvalue weighted by atomic mass is 32.2. The molecule has 0 N–H and O–H groups in total. The van der Waals surface area contributed by atoms with E-state index in [1.165, 1.54) is 22.6 Å². The quantitative estimate of drug-likeness (QED) is 0.851. The smallest absolute Gasteiger partial charge is 0.222 e. The van der Waals surface area contributed by atoms with Gasteiger partial charge in [0.1, 0.15) is 0 Å². The van der Waals surface area contributed by atoms with Crippen molar-refractivity contribution in [1.82, 2.24) is 9.80 Å². The molecule has 0 spiro atoms. The summed E-state index contributed by atoms with van der Waals surface area (Å²) in [5.74, 6) is 1.51. The Morgan fingerprint density at radius 1 is 1.27 bits per heavy atom. The molecular formula is C18H26N2OS. The van der Waals surface area contributed by atoms with Crippen molar-refractivity contribution in [3.05, 3.63) is 29.8 Å². The van der Waals surface area contributed by atoms with Crippen LogP contribution in [0.2, 0.25) is 0 Å². The van der Waals surface area contributed by atoms with Gasteiger partial charge in [-0.15, -0.1) is 11.8 Å². The Labute approximate surface area is 138 Å². The van der Waals surface area contributed by atoms with Crippen LogP contribution in [0.15, 0.2) is 29.2 Å². The maximum atomic E-state index is 11.8. The second-order valence-electron chi connectivity index (χ2n) is 6.32. The third-order valence-electron chi connectivity index (χ3n) is 5.11. The second-order valence-corrected chi connectivity index (χ2v) is 7.46. The first-order chi connectivity index (χ1) is 10.7. The fraction of sp³-hybridized carbons (Fsp3) is 0.611. The number of hydrogen-bond acceptors (Lipinski definition) is 3. The number of benzene rings is 1. The summed E-state index contributed by atoms with van der Waals surface area (Å²) in [6.07, 6.45) is 4.07. The van der Waals surface area contributed by atoms with E-state index in [-0.39, 0.29) is 0 Å². The number of nitrogens with zero attached hydrogens (tertiary/aromatic N) is 2. The van der Waals surface area contributed by atoms with Crippen LogP contribution in [0.1, 0.15) is 44.2 Å². The molecule has 120 valence electrons. The average Bonchev–Trinajstić information content (AvgIpc) is 2.60. The van der Waals surface area contributed by atoms with Gasteiger partial charge in [0.05, 0.1) is 0 Å². The molecule has 1 saturated heterocycles. The lowest BCUT2D eigenvalue weighted by Crippen LogP contribution is -2.46. The number of likely N-dealkylation sites (tertiary alicyclic amines) is 1. The predicted molar refractivity (Wildman–Crippen MR) is 92.2 cm³/mol. The van der Waals surface area contributed by atoms with Crippen molar-refractivity contribution >= 4 is 17.7 Å². The lowest BCUT2D eigenvalue weighted by molar-refractivity contribution is -0.132. The molecule has 2 aliphatic rings. The van der Waals surface area contributed by atoms with Gasteiger partial charge < -0.3 is 4.90 Å². The van der Waals surface area contributed by atoms with Crippen LogP contribution in [0.5, 0.6) is 0 Å². The summed E-state index contributed by atoms with van der Waals surface area (Å²) in [5, 5.41) is 0. The molecule has 0 aliphatic carbocycles. The van der Waals surface area contributed by atoms with Gasteiger partial charge in [0.15, 0.2) is 0 Å². The van der Waals surface area contributed by atoms with Gasteiger partial charge in [0.25, 0.3) is 0 Å². The molecule has 3 rings (SSSR count). The van der Waals surface area contributed by atoms with Crippen molar-refractivity contribution < 1.29 is 4.79 Å². The largest absolute Gasteiger partial charge is 0.343 e. The Bertz CT molecular complexity index is 526. The molecule has 22 heavy (non-hydrogen) atoms. The normalized spacial score (nSPS) is 22.7. The van der Waals surface area contributed by atoms with Crippen LogP contribution in [-0.4, -0.2) is 47.6 Å². The average molecular weight is 318 g/mol. The van der Waals surface area contributed by atoms with Gasteiger partial charge in [-0.3, -0.25) is 9.69 Å². The SMILES string of the molecule is CCC(=O)N1CCC(N(C)[C@H]2CCSc3ccccc32)CC1. The van der Waals surface area contributed by atoms with Gasteiger partial charge >= 0.3 is 0 Å². The zero-order valence-electron chi connectivity index (χ0n) is 13.6. The van der Waals surface area contributed by atoms with Crippen molar-refractivity contribution in [3.8, 4) is 0 Å². The van der Waals surface area contributed by atoms with E-state index in [2.05, 4.69) is 36.2 Å². The number of fused-ring (bicyclic) bond motifs is 1. The monoisotopic (exact) mass is 318 g/mol. The van der Waals surface area contributed by atoms with Crippen molar-refractivity contribution in [2.24, 2.45) is 0 Å². The molecule has 2 heterocycles. The molecule has 0 saturated carbocycles. The second kappa shape index (κ2) is 7.05. The number of rotatable bonds is 3. The van der Waals surface area contributed by atoms with Crippen molar-refractivity contribution in [3.63, 3.8) is 0 Å². The molecule has 0 aromatic heterocycles. The van der Waals surface area contributed by atoms with Crippen LogP contribution >= 0.6 is 11.8 Å². The zero-order valence-corrected chi connectivity index (χ0v) is 14.4. The van der Waals surface area contributed by atoms with Gasteiger partial charge in [-0.25, -0.2) is 0 Å². The lowest BCUT2D eigenvalue weighted by atomic mass is 9.96. The van der Waals surface area contributed by atoms with E-state index in [0.29, 0.717) is 24.4 Å². The Kier molecular flexibility index (Phi) is 5.09. The zero-order chi connectivity index (χ0) is 15.5. The number of piperidine rings is 1. The lowest BCUT2D eigenvalue weighted by Gasteiger charge is -2.42. The highest BCUT2D eigenvalue weighted by Gasteiger charge is 2.31. The number of carbonyl (C=O) groups excluding carboxylic acids is 1. The van der Waals surface area contributed by atoms with E-state index in [0.717, 1.165) is 25.9 Å². The molecule has 3 nitrogen and oxygen atoms in total. The predicted octanol–water partition coefficient (Wildman–Crippen LogP) is 3.56. The highest BCUT2D eigenvalue weighted by molar-refractivity contribution is 7.99. The van der Waals surface area contributed by atoms with Crippen molar-refractivity contribution in [1.29, 1.82) is 0 Å². The van der Waals surface area contributed by atoms with Crippen molar-refractivity contribution in [2.75, 3.05) is 25.9 Å². The van der Waals surface area contributed by atoms with Crippen LogP contribution in [0.25, 0.3) is 0 Å². The molecule has 1 aromatic carbocycles. The van der Waals surface area contributed by atoms with Crippen LogP contribution in [-0.2, 0) is 4.79 Å². The molecule has 2 aliphatic heterocycles. The van der Waals surface area contributed by atoms with Crippen LogP contribution in [0, 0.1) is 0 Å². The third kappa shape index (κ3) is 3.18. The van der Waals surface area contributed by atoms with Gasteiger partial charge in [-0.05, 0) is 43.7 Å². The van der Waals surface area contributed by atoms with Crippen LogP contribution in [0.4, 0.5) is 0 Å². The molecule has 4 heteroatoms. The molecule has 1 fully saturated rings. The van der Waals surface area contributed by atoms with E-state index < -0.39 is 0 Å². The highest BCUT2D eigenvalue weighted by Crippen LogP contribution is 2.40. The minimum atomic E-state index is 0.306. The summed E-state index contributed by atoms with van der Waals surface area (Å²) in [7, 11) is 2.28. The van der Waals surface area contributed by atoms with Gasteiger partial charge in [-0.1, -0.05) is 25.1 Å². The Hall–Kier alpha value is -1.00. The van der Waals surface area contributed by atoms with Gasteiger partial charge in [-0.2, -0.15) is 0 Å². The summed E-state index contributed by atoms with van der Waals surface area (Å²) in [5.41, 5.74) is 1.49. The van der Waals surface area contributed by atoms with E-state index in [4.69, 9.17) is 0 Å². The number of amides is 1. The number of hydrogen-bond donors (Lipinski definition) is 0. The summed E-state index contributed by atoms with van der Waals surface area (Å²) < 4.78 is 0. The molecule has 0 radical (unpaired) electrons. The van der Waals surface area contributed by atoms with Crippen LogP contribution in [0.3, 0.4) is 0 Å². The Balaban J connectivity index is 1.66. The molecule has 0 bridgehead atoms. The molecule has 1 aromatic rings. The maximum Gasteiger partial charge on any atom is 0.222 e. The maximum absolute atomic E-state index is 11.8. The summed E-state index contributed by atoms with van der Waals surface area (Å²) in [6.45, 7) is 3.80. The Morgan fingerprint density at radius 3 is 2.73 bits per heavy atom. The molecule has 0 unspecified atom stereocenters. The van der Waals surface area contributed by atoms with Gasteiger partial charge in [0, 0.05) is 36.5 Å². The van der Waals surface area contributed by atoms with E-state index >= 15 is 0 Å². The Morgan fingerprint density at radius 2 is 2.00 bits per heavy atom. The fourth-order valence-corrected chi connectivity index (χ4v) is 4.85. The van der Waals surface area contributed by atoms with E-state index in [9.17, 15) is 4.79 Å². The molecule has 1 atom stereocenters. The number of carbonyl (C=O) groups is 1. The summed E-state index contributed by atoms with van der Waals surface area (Å²) in [6, 6.07) is 9.98. The van der Waals surface area contributed by atoms with Crippen LogP contribution < -0.4 is 0 Å². The minimum Gasteiger partial charge on any atom is -0.343 e. The topological polar surface area (TPSA) is 23.6 Å². The van der Waals surface area contributed by atoms with E-state index in [1.807, 2.05) is 23.6 Å². The minimum absolute atomic E-state index is 0.306. The first-order valence-corrected chi connectivity index (χ1v) is 9.40. The molecule has 1 amide bonds. The number of thioether (sulfide) groups is 1. The molecular weight excluding hydrogens is 292 g/mol. The summed E-state index contributed by atoms with van der Waals surface area (Å²) >= 11 is 1.98. The fourth-order valence-electron chi connectivity index (χ4n) is 3.75. The first kappa shape index (κ1) is 15.9. The standard InChI is InChI=1S/C18H26N2OS/c1-3-18(21)20-11-8-14(9-12-20)19(2)16-10-13-22-17-7-5-4-6-15(16)17/h4-7,14,16H,3,8-13H2,1-2H3/t16-/m0/s1. The first-order valence-electron chi connectivity index (χ1n) is 8.42.